The summed E-state index contributed by atoms with van der Waals surface area (Å²) in [5.41, 5.74) is -0.169. The van der Waals surface area contributed by atoms with Crippen molar-refractivity contribution < 1.29 is 4.79 Å². The van der Waals surface area contributed by atoms with Crippen molar-refractivity contribution in [3.8, 4) is 0 Å². The van der Waals surface area contributed by atoms with Gasteiger partial charge in [0.15, 0.2) is 5.78 Å². The first-order valence-corrected chi connectivity index (χ1v) is 8.17. The van der Waals surface area contributed by atoms with Gasteiger partial charge in [-0.3, -0.25) is 9.59 Å². The number of halogens is 2. The summed E-state index contributed by atoms with van der Waals surface area (Å²) in [7, 11) is 0. The van der Waals surface area contributed by atoms with Crippen LogP contribution in [0.25, 0.3) is 12.2 Å². The van der Waals surface area contributed by atoms with Crippen molar-refractivity contribution in [2.75, 3.05) is 0 Å². The van der Waals surface area contributed by atoms with Gasteiger partial charge in [0.25, 0.3) is 5.56 Å². The molecule has 0 bridgehead atoms. The summed E-state index contributed by atoms with van der Waals surface area (Å²) in [5.74, 6) is -0.0488. The van der Waals surface area contributed by atoms with Gasteiger partial charge < -0.3 is 4.98 Å². The lowest BCUT2D eigenvalue weighted by atomic mass is 9.91. The third-order valence-corrected chi connectivity index (χ3v) is 4.58. The third-order valence-electron chi connectivity index (χ3n) is 2.96. The van der Waals surface area contributed by atoms with Crippen LogP contribution in [0.3, 0.4) is 0 Å². The molecule has 22 heavy (non-hydrogen) atoms. The van der Waals surface area contributed by atoms with Crippen LogP contribution in [0.5, 0.6) is 0 Å². The molecule has 1 N–H and O–H groups in total. The first-order valence-electron chi connectivity index (χ1n) is 6.59. The van der Waals surface area contributed by atoms with Gasteiger partial charge >= 0.3 is 0 Å². The van der Waals surface area contributed by atoms with Gasteiger partial charge in [0, 0.05) is 27.1 Å². The lowest BCUT2D eigenvalue weighted by Gasteiger charge is -2.12. The smallest absolute Gasteiger partial charge is 0.266 e. The number of hydrogen-bond acceptors (Lipinski definition) is 3. The van der Waals surface area contributed by atoms with Gasteiger partial charge in [0.1, 0.15) is 0 Å². The number of aromatic nitrogens is 1. The zero-order chi connectivity index (χ0) is 16.5. The minimum Gasteiger partial charge on any atom is -0.313 e. The predicted molar refractivity (Wildman–Crippen MR) is 93.1 cm³/mol. The average molecular weight is 356 g/mol. The van der Waals surface area contributed by atoms with Gasteiger partial charge in [0.2, 0.25) is 0 Å². The van der Waals surface area contributed by atoms with Crippen LogP contribution in [-0.2, 0) is 4.79 Å². The molecule has 1 heterocycles. The SMILES string of the molecule is CC(C)(C)C(=O)/C=c1\[nH]c(=O)/c(=C\c2c(Cl)cccc2Cl)s1. The highest BCUT2D eigenvalue weighted by Crippen LogP contribution is 2.24. The monoisotopic (exact) mass is 355 g/mol. The Labute approximate surface area is 141 Å². The fraction of sp³-hybridized carbons (Fsp3) is 0.250. The lowest BCUT2D eigenvalue weighted by Crippen LogP contribution is -2.22. The van der Waals surface area contributed by atoms with E-state index in [0.29, 0.717) is 24.8 Å². The number of carbonyl (C=O) groups excluding carboxylic acids is 1. The minimum absolute atomic E-state index is 0.0488. The molecule has 1 aromatic carbocycles. The van der Waals surface area contributed by atoms with Crippen molar-refractivity contribution in [1.82, 2.24) is 4.98 Å². The predicted octanol–water partition coefficient (Wildman–Crippen LogP) is 2.97. The summed E-state index contributed by atoms with van der Waals surface area (Å²) in [6, 6.07) is 5.15. The summed E-state index contributed by atoms with van der Waals surface area (Å²) in [4.78, 5) is 26.7. The molecule has 2 aromatic rings. The molecular weight excluding hydrogens is 341 g/mol. The van der Waals surface area contributed by atoms with E-state index in [1.165, 1.54) is 17.4 Å². The van der Waals surface area contributed by atoms with Crippen molar-refractivity contribution in [3.05, 3.63) is 53.4 Å². The molecule has 2 rings (SSSR count). The molecule has 1 aromatic heterocycles. The highest BCUT2D eigenvalue weighted by molar-refractivity contribution is 7.07. The van der Waals surface area contributed by atoms with E-state index < -0.39 is 5.41 Å². The van der Waals surface area contributed by atoms with E-state index in [0.717, 1.165) is 0 Å². The highest BCUT2D eigenvalue weighted by Gasteiger charge is 2.18. The molecule has 6 heteroatoms. The first kappa shape index (κ1) is 17.0. The Balaban J connectivity index is 2.57. The number of Topliss-reactive ketones (excluding diaryl/α,β-unsaturated/α-hetero) is 1. The molecule has 3 nitrogen and oxygen atoms in total. The van der Waals surface area contributed by atoms with Crippen LogP contribution in [0, 0.1) is 5.41 Å². The van der Waals surface area contributed by atoms with Gasteiger partial charge in [-0.15, -0.1) is 11.3 Å². The third kappa shape index (κ3) is 3.88. The highest BCUT2D eigenvalue weighted by atomic mass is 35.5. The number of nitrogens with one attached hydrogen (secondary N) is 1. The minimum atomic E-state index is -0.489. The van der Waals surface area contributed by atoms with E-state index in [9.17, 15) is 9.59 Å². The van der Waals surface area contributed by atoms with E-state index in [4.69, 9.17) is 23.2 Å². The first-order chi connectivity index (χ1) is 10.2. The number of aromatic amines is 1. The molecule has 0 aliphatic carbocycles. The summed E-state index contributed by atoms with van der Waals surface area (Å²) >= 11 is 13.4. The van der Waals surface area contributed by atoms with Gasteiger partial charge in [0.05, 0.1) is 9.20 Å². The van der Waals surface area contributed by atoms with E-state index in [-0.39, 0.29) is 11.3 Å². The molecule has 0 saturated carbocycles. The summed E-state index contributed by atoms with van der Waals surface area (Å²) < 4.78 is 0.960. The molecule has 0 radical (unpaired) electrons. The number of carbonyl (C=O) groups is 1. The maximum atomic E-state index is 12.0. The van der Waals surface area contributed by atoms with Crippen molar-refractivity contribution in [2.24, 2.45) is 5.41 Å². The molecule has 0 fully saturated rings. The molecule has 116 valence electrons. The summed E-state index contributed by atoms with van der Waals surface area (Å²) in [5, 5.41) is 0.938. The Kier molecular flexibility index (Phi) is 4.95. The largest absolute Gasteiger partial charge is 0.313 e. The van der Waals surface area contributed by atoms with Crippen molar-refractivity contribution in [3.63, 3.8) is 0 Å². The molecule has 0 atom stereocenters. The number of benzene rings is 1. The molecular formula is C16H15Cl2NO2S. The van der Waals surface area contributed by atoms with E-state index in [1.54, 1.807) is 24.3 Å². The maximum absolute atomic E-state index is 12.0. The van der Waals surface area contributed by atoms with Crippen LogP contribution < -0.4 is 14.8 Å². The van der Waals surface area contributed by atoms with Crippen LogP contribution in [0.4, 0.5) is 0 Å². The Hall–Kier alpha value is -1.36. The molecule has 0 aliphatic rings. The Bertz CT molecular complexity index is 868. The van der Waals surface area contributed by atoms with Gasteiger partial charge in [-0.1, -0.05) is 50.0 Å². The van der Waals surface area contributed by atoms with Crippen LogP contribution in [0.15, 0.2) is 23.0 Å². The topological polar surface area (TPSA) is 49.9 Å². The normalized spacial score (nSPS) is 13.7. The van der Waals surface area contributed by atoms with Gasteiger partial charge in [-0.05, 0) is 18.2 Å². The van der Waals surface area contributed by atoms with E-state index in [1.807, 2.05) is 20.8 Å². The zero-order valence-corrected chi connectivity index (χ0v) is 14.7. The van der Waals surface area contributed by atoms with Gasteiger partial charge in [-0.25, -0.2) is 0 Å². The second-order valence-corrected chi connectivity index (χ2v) is 7.72. The number of rotatable bonds is 2. The van der Waals surface area contributed by atoms with Crippen LogP contribution in [0.1, 0.15) is 26.3 Å². The Morgan fingerprint density at radius 1 is 1.23 bits per heavy atom. The summed E-state index contributed by atoms with van der Waals surface area (Å²) in [6.07, 6.45) is 3.09. The van der Waals surface area contributed by atoms with Crippen molar-refractivity contribution in [1.29, 1.82) is 0 Å². The van der Waals surface area contributed by atoms with Crippen LogP contribution >= 0.6 is 34.5 Å². The standard InChI is InChI=1S/C16H15Cl2NO2S/c1-16(2,3)13(20)8-14-19-15(21)12(22-14)7-9-10(17)5-4-6-11(9)18/h4-8H,1-3H3,(H,19,21)/b12-7+,14-8+. The zero-order valence-electron chi connectivity index (χ0n) is 12.4. The van der Waals surface area contributed by atoms with E-state index >= 15 is 0 Å². The number of hydrogen-bond donors (Lipinski definition) is 1. The van der Waals surface area contributed by atoms with E-state index in [2.05, 4.69) is 4.98 Å². The quantitative estimate of drug-likeness (QED) is 0.900. The average Bonchev–Trinajstić information content (AvgIpc) is 2.73. The number of H-pyrrole nitrogens is 1. The Morgan fingerprint density at radius 2 is 1.82 bits per heavy atom. The second kappa shape index (κ2) is 6.41. The van der Waals surface area contributed by atoms with Crippen molar-refractivity contribution in [2.45, 2.75) is 20.8 Å². The van der Waals surface area contributed by atoms with Crippen molar-refractivity contribution >= 4 is 52.5 Å². The molecule has 0 amide bonds. The molecule has 0 aliphatic heterocycles. The molecule has 0 spiro atoms. The lowest BCUT2D eigenvalue weighted by molar-refractivity contribution is -0.119. The summed E-state index contributed by atoms with van der Waals surface area (Å²) in [6.45, 7) is 5.48. The number of thiazole rings is 1. The number of ketones is 1. The fourth-order valence-corrected chi connectivity index (χ4v) is 3.01. The second-order valence-electron chi connectivity index (χ2n) is 5.82. The molecule has 0 unspecified atom stereocenters. The fourth-order valence-electron chi connectivity index (χ4n) is 1.64. The maximum Gasteiger partial charge on any atom is 0.266 e. The van der Waals surface area contributed by atoms with Crippen LogP contribution in [-0.4, -0.2) is 10.8 Å². The van der Waals surface area contributed by atoms with Gasteiger partial charge in [-0.2, -0.15) is 0 Å². The van der Waals surface area contributed by atoms with Crippen LogP contribution in [0.2, 0.25) is 10.0 Å². The Morgan fingerprint density at radius 3 is 2.36 bits per heavy atom. The molecule has 0 saturated heterocycles.